The number of nitrogens with two attached hydrogens (primary N) is 1. The van der Waals surface area contributed by atoms with E-state index in [2.05, 4.69) is 4.98 Å². The maximum atomic E-state index is 11.0. The average Bonchev–Trinajstić information content (AvgIpc) is 2.39. The molecule has 2 rings (SSSR count). The van der Waals surface area contributed by atoms with Crippen LogP contribution in [0.15, 0.2) is 12.1 Å². The Bertz CT molecular complexity index is 557. The van der Waals surface area contributed by atoms with Gasteiger partial charge in [0.2, 0.25) is 0 Å². The third-order valence-electron chi connectivity index (χ3n) is 2.42. The average molecular weight is 205 g/mol. The highest BCUT2D eigenvalue weighted by Crippen LogP contribution is 2.26. The number of carboxylic acid groups (broad SMARTS) is 1. The van der Waals surface area contributed by atoms with E-state index >= 15 is 0 Å². The summed E-state index contributed by atoms with van der Waals surface area (Å²) in [6, 6.07) is 3.60. The van der Waals surface area contributed by atoms with E-state index in [9.17, 15) is 4.79 Å². The Morgan fingerprint density at radius 1 is 1.53 bits per heavy atom. The largest absolute Gasteiger partial charge is 0.477 e. The SMILES string of the molecule is Cc1ccc2c(N)c(C(=O)O)n(C)c2n1. The molecule has 2 aromatic heterocycles. The van der Waals surface area contributed by atoms with Gasteiger partial charge in [0.15, 0.2) is 5.69 Å². The van der Waals surface area contributed by atoms with Gasteiger partial charge in [-0.05, 0) is 19.1 Å². The Morgan fingerprint density at radius 2 is 2.20 bits per heavy atom. The van der Waals surface area contributed by atoms with Crippen LogP contribution in [0.5, 0.6) is 0 Å². The molecule has 0 unspecified atom stereocenters. The van der Waals surface area contributed by atoms with Gasteiger partial charge in [-0.2, -0.15) is 0 Å². The molecule has 0 aliphatic heterocycles. The minimum absolute atomic E-state index is 0.0862. The summed E-state index contributed by atoms with van der Waals surface area (Å²) in [5.74, 6) is -1.04. The summed E-state index contributed by atoms with van der Waals surface area (Å²) in [5.41, 5.74) is 7.54. The van der Waals surface area contributed by atoms with Crippen LogP contribution in [0, 0.1) is 6.92 Å². The molecule has 15 heavy (non-hydrogen) atoms. The molecule has 5 nitrogen and oxygen atoms in total. The third-order valence-corrected chi connectivity index (χ3v) is 2.42. The van der Waals surface area contributed by atoms with Crippen molar-refractivity contribution >= 4 is 22.7 Å². The molecule has 5 heteroatoms. The van der Waals surface area contributed by atoms with Gasteiger partial charge in [0.05, 0.1) is 5.69 Å². The first-order valence-corrected chi connectivity index (χ1v) is 4.47. The Labute approximate surface area is 86.1 Å². The summed E-state index contributed by atoms with van der Waals surface area (Å²) in [6.07, 6.45) is 0. The Kier molecular flexibility index (Phi) is 1.89. The topological polar surface area (TPSA) is 81.1 Å². The minimum Gasteiger partial charge on any atom is -0.477 e. The number of hydrogen-bond acceptors (Lipinski definition) is 3. The van der Waals surface area contributed by atoms with Gasteiger partial charge in [0.25, 0.3) is 0 Å². The van der Waals surface area contributed by atoms with Crippen LogP contribution in [-0.4, -0.2) is 20.6 Å². The van der Waals surface area contributed by atoms with E-state index in [0.29, 0.717) is 11.0 Å². The maximum Gasteiger partial charge on any atom is 0.354 e. The van der Waals surface area contributed by atoms with Crippen molar-refractivity contribution in [3.05, 3.63) is 23.5 Å². The number of rotatable bonds is 1. The lowest BCUT2D eigenvalue weighted by molar-refractivity contribution is 0.0688. The quantitative estimate of drug-likeness (QED) is 0.732. The van der Waals surface area contributed by atoms with Gasteiger partial charge in [-0.25, -0.2) is 9.78 Å². The third kappa shape index (κ3) is 1.24. The molecule has 0 aliphatic carbocycles. The summed E-state index contributed by atoms with van der Waals surface area (Å²) in [4.78, 5) is 15.2. The maximum absolute atomic E-state index is 11.0. The Balaban J connectivity index is 2.91. The molecule has 0 aliphatic rings. The van der Waals surface area contributed by atoms with Crippen LogP contribution in [0.1, 0.15) is 16.2 Å². The number of aryl methyl sites for hydroxylation is 2. The first-order valence-electron chi connectivity index (χ1n) is 4.47. The van der Waals surface area contributed by atoms with Crippen LogP contribution in [0.4, 0.5) is 5.69 Å². The fourth-order valence-electron chi connectivity index (χ4n) is 1.68. The van der Waals surface area contributed by atoms with Crippen LogP contribution < -0.4 is 5.73 Å². The summed E-state index contributed by atoms with van der Waals surface area (Å²) in [6.45, 7) is 1.85. The van der Waals surface area contributed by atoms with Crippen molar-refractivity contribution in [2.45, 2.75) is 6.92 Å². The van der Waals surface area contributed by atoms with E-state index in [4.69, 9.17) is 10.8 Å². The number of hydrogen-bond donors (Lipinski definition) is 2. The van der Waals surface area contributed by atoms with E-state index < -0.39 is 5.97 Å². The second-order valence-electron chi connectivity index (χ2n) is 3.45. The first-order chi connectivity index (χ1) is 7.02. The van der Waals surface area contributed by atoms with Crippen LogP contribution in [0.3, 0.4) is 0 Å². The zero-order chi connectivity index (χ0) is 11.2. The molecule has 0 spiro atoms. The summed E-state index contributed by atoms with van der Waals surface area (Å²) in [5, 5.41) is 9.67. The molecule has 0 fully saturated rings. The van der Waals surface area contributed by atoms with Crippen LogP contribution in [0.2, 0.25) is 0 Å². The highest BCUT2D eigenvalue weighted by molar-refractivity contribution is 6.04. The van der Waals surface area contributed by atoms with Crippen molar-refractivity contribution in [1.29, 1.82) is 0 Å². The molecule has 2 aromatic rings. The molecular formula is C10H11N3O2. The molecule has 0 atom stereocenters. The number of pyridine rings is 1. The van der Waals surface area contributed by atoms with Gasteiger partial charge in [-0.1, -0.05) is 0 Å². The molecule has 3 N–H and O–H groups in total. The smallest absolute Gasteiger partial charge is 0.354 e. The van der Waals surface area contributed by atoms with Crippen molar-refractivity contribution < 1.29 is 9.90 Å². The van der Waals surface area contributed by atoms with Crippen molar-refractivity contribution in [3.8, 4) is 0 Å². The molecule has 0 saturated heterocycles. The second kappa shape index (κ2) is 2.98. The molecule has 0 aromatic carbocycles. The molecule has 78 valence electrons. The first kappa shape index (κ1) is 9.51. The van der Waals surface area contributed by atoms with Crippen LogP contribution in [-0.2, 0) is 7.05 Å². The lowest BCUT2D eigenvalue weighted by atomic mass is 10.2. The number of nitrogens with zero attached hydrogens (tertiary/aromatic N) is 2. The predicted octanol–water partition coefficient (Wildman–Crippen LogP) is 1.16. The standard InChI is InChI=1S/C10H11N3O2/c1-5-3-4-6-7(11)8(10(14)15)13(2)9(6)12-5/h3-4H,11H2,1-2H3,(H,14,15). The fraction of sp³-hybridized carbons (Fsp3) is 0.200. The van der Waals surface area contributed by atoms with Gasteiger partial charge in [-0.3, -0.25) is 0 Å². The molecule has 0 saturated carbocycles. The van der Waals surface area contributed by atoms with E-state index in [1.54, 1.807) is 13.1 Å². The van der Waals surface area contributed by atoms with E-state index in [1.165, 1.54) is 4.57 Å². The lowest BCUT2D eigenvalue weighted by Gasteiger charge is -1.98. The molecule has 0 amide bonds. The summed E-state index contributed by atoms with van der Waals surface area (Å²) >= 11 is 0. The Hall–Kier alpha value is -2.04. The summed E-state index contributed by atoms with van der Waals surface area (Å²) < 4.78 is 1.50. The highest BCUT2D eigenvalue weighted by Gasteiger charge is 2.18. The monoisotopic (exact) mass is 205 g/mol. The molecule has 2 heterocycles. The van der Waals surface area contributed by atoms with Gasteiger partial charge in [0.1, 0.15) is 5.65 Å². The van der Waals surface area contributed by atoms with Gasteiger partial charge >= 0.3 is 5.97 Å². The number of aromatic carboxylic acids is 1. The van der Waals surface area contributed by atoms with Crippen molar-refractivity contribution in [2.24, 2.45) is 7.05 Å². The van der Waals surface area contributed by atoms with Crippen LogP contribution >= 0.6 is 0 Å². The number of nitrogen functional groups attached to an aromatic ring is 1. The van der Waals surface area contributed by atoms with E-state index in [1.807, 2.05) is 13.0 Å². The molecule has 0 radical (unpaired) electrons. The number of aromatic nitrogens is 2. The van der Waals surface area contributed by atoms with Crippen molar-refractivity contribution in [3.63, 3.8) is 0 Å². The van der Waals surface area contributed by atoms with Crippen molar-refractivity contribution in [1.82, 2.24) is 9.55 Å². The van der Waals surface area contributed by atoms with Gasteiger partial charge < -0.3 is 15.4 Å². The number of anilines is 1. The van der Waals surface area contributed by atoms with E-state index in [0.717, 1.165) is 5.69 Å². The number of fused-ring (bicyclic) bond motifs is 1. The fourth-order valence-corrected chi connectivity index (χ4v) is 1.68. The molecule has 0 bridgehead atoms. The zero-order valence-corrected chi connectivity index (χ0v) is 8.48. The van der Waals surface area contributed by atoms with Crippen LogP contribution in [0.25, 0.3) is 11.0 Å². The van der Waals surface area contributed by atoms with Gasteiger partial charge in [0, 0.05) is 18.1 Å². The highest BCUT2D eigenvalue weighted by atomic mass is 16.4. The predicted molar refractivity (Wildman–Crippen MR) is 56.8 cm³/mol. The van der Waals surface area contributed by atoms with Crippen molar-refractivity contribution in [2.75, 3.05) is 5.73 Å². The normalized spacial score (nSPS) is 10.8. The van der Waals surface area contributed by atoms with Gasteiger partial charge in [-0.15, -0.1) is 0 Å². The zero-order valence-electron chi connectivity index (χ0n) is 8.48. The Morgan fingerprint density at radius 3 is 2.80 bits per heavy atom. The summed E-state index contributed by atoms with van der Waals surface area (Å²) in [7, 11) is 1.65. The second-order valence-corrected chi connectivity index (χ2v) is 3.45. The number of carboxylic acids is 1. The molecular weight excluding hydrogens is 194 g/mol. The lowest BCUT2D eigenvalue weighted by Crippen LogP contribution is -2.07. The number of carbonyl (C=O) groups is 1. The minimum atomic E-state index is -1.04. The van der Waals surface area contributed by atoms with E-state index in [-0.39, 0.29) is 11.4 Å².